The Hall–Kier alpha value is -3.18. The van der Waals surface area contributed by atoms with E-state index in [1.165, 1.54) is 0 Å². The van der Waals surface area contributed by atoms with Crippen molar-refractivity contribution < 1.29 is 4.79 Å². The second-order valence-electron chi connectivity index (χ2n) is 6.60. The van der Waals surface area contributed by atoms with Gasteiger partial charge in [0.2, 0.25) is 0 Å². The molecule has 6 heteroatoms. The van der Waals surface area contributed by atoms with Crippen molar-refractivity contribution in [1.29, 1.82) is 0 Å². The maximum atomic E-state index is 12.8. The van der Waals surface area contributed by atoms with Crippen molar-refractivity contribution in [1.82, 2.24) is 19.9 Å². The van der Waals surface area contributed by atoms with E-state index in [4.69, 9.17) is 11.6 Å². The highest BCUT2D eigenvalue weighted by atomic mass is 35.5. The number of pyridine rings is 1. The summed E-state index contributed by atoms with van der Waals surface area (Å²) in [6.45, 7) is 4.32. The highest BCUT2D eigenvalue weighted by Gasteiger charge is 2.16. The number of carbonyl (C=O) groups excluding carboxylic acids is 1. The average Bonchev–Trinajstić information content (AvgIpc) is 3.03. The minimum absolute atomic E-state index is 0.121. The molecule has 4 rings (SSSR count). The van der Waals surface area contributed by atoms with Gasteiger partial charge in [-0.2, -0.15) is 0 Å². The molecule has 0 saturated heterocycles. The number of aromatic nitrogens is 3. The predicted octanol–water partition coefficient (Wildman–Crippen LogP) is 4.62. The molecule has 0 bridgehead atoms. The molecule has 2 aromatic heterocycles. The van der Waals surface area contributed by atoms with Gasteiger partial charge in [0.05, 0.1) is 5.69 Å². The molecule has 0 fully saturated rings. The van der Waals surface area contributed by atoms with E-state index < -0.39 is 0 Å². The van der Waals surface area contributed by atoms with Gasteiger partial charge in [0.25, 0.3) is 5.91 Å². The number of amides is 1. The van der Waals surface area contributed by atoms with E-state index in [-0.39, 0.29) is 5.91 Å². The lowest BCUT2D eigenvalue weighted by Gasteiger charge is -2.14. The minimum Gasteiger partial charge on any atom is -0.348 e. The van der Waals surface area contributed by atoms with E-state index >= 15 is 0 Å². The van der Waals surface area contributed by atoms with Crippen LogP contribution >= 0.6 is 11.6 Å². The van der Waals surface area contributed by atoms with E-state index in [0.29, 0.717) is 17.1 Å². The maximum absolute atomic E-state index is 12.8. The van der Waals surface area contributed by atoms with Gasteiger partial charge in [-0.1, -0.05) is 29.8 Å². The first-order chi connectivity index (χ1) is 13.5. The van der Waals surface area contributed by atoms with E-state index in [2.05, 4.69) is 15.3 Å². The molecule has 0 atom stereocenters. The second kappa shape index (κ2) is 7.44. The van der Waals surface area contributed by atoms with Crippen LogP contribution in [-0.2, 0) is 6.54 Å². The van der Waals surface area contributed by atoms with Crippen molar-refractivity contribution in [3.05, 3.63) is 88.3 Å². The molecule has 28 heavy (non-hydrogen) atoms. The summed E-state index contributed by atoms with van der Waals surface area (Å²) in [7, 11) is 0. The fourth-order valence-corrected chi connectivity index (χ4v) is 3.43. The molecule has 0 radical (unpaired) electrons. The van der Waals surface area contributed by atoms with E-state index in [1.54, 1.807) is 6.20 Å². The molecule has 140 valence electrons. The Morgan fingerprint density at radius 2 is 1.86 bits per heavy atom. The number of benzene rings is 2. The number of hydrogen-bond donors (Lipinski definition) is 1. The molecule has 5 nitrogen and oxygen atoms in total. The van der Waals surface area contributed by atoms with Crippen LogP contribution in [0.25, 0.3) is 16.9 Å². The zero-order valence-electron chi connectivity index (χ0n) is 15.6. The average molecular weight is 391 g/mol. The van der Waals surface area contributed by atoms with Gasteiger partial charge < -0.3 is 5.32 Å². The fourth-order valence-electron chi connectivity index (χ4n) is 3.31. The summed E-state index contributed by atoms with van der Waals surface area (Å²) in [6.07, 6.45) is 1.75. The third-order valence-electron chi connectivity index (χ3n) is 4.74. The molecular weight excluding hydrogens is 372 g/mol. The van der Waals surface area contributed by atoms with Crippen LogP contribution in [0.15, 0.2) is 60.8 Å². The molecule has 0 unspecified atom stereocenters. The Morgan fingerprint density at radius 1 is 1.07 bits per heavy atom. The van der Waals surface area contributed by atoms with E-state index in [1.807, 2.05) is 73.0 Å². The largest absolute Gasteiger partial charge is 0.348 e. The number of carbonyl (C=O) groups is 1. The summed E-state index contributed by atoms with van der Waals surface area (Å²) in [5, 5.41) is 3.65. The quantitative estimate of drug-likeness (QED) is 0.553. The topological polar surface area (TPSA) is 59.8 Å². The zero-order valence-corrected chi connectivity index (χ0v) is 16.4. The third-order valence-corrected chi connectivity index (χ3v) is 4.99. The Balaban J connectivity index is 1.65. The first-order valence-electron chi connectivity index (χ1n) is 8.97. The molecule has 0 aliphatic heterocycles. The summed E-state index contributed by atoms with van der Waals surface area (Å²) < 4.78 is 1.99. The molecule has 4 aromatic rings. The Morgan fingerprint density at radius 3 is 2.64 bits per heavy atom. The van der Waals surface area contributed by atoms with E-state index in [9.17, 15) is 4.79 Å². The molecule has 2 heterocycles. The van der Waals surface area contributed by atoms with Crippen molar-refractivity contribution in [3.63, 3.8) is 0 Å². The highest BCUT2D eigenvalue weighted by Crippen LogP contribution is 2.24. The number of halogens is 1. The fraction of sp³-hybridized carbons (Fsp3) is 0.136. The highest BCUT2D eigenvalue weighted by molar-refractivity contribution is 6.30. The number of nitrogens with zero attached hydrogens (tertiary/aromatic N) is 3. The third kappa shape index (κ3) is 3.37. The van der Waals surface area contributed by atoms with Crippen LogP contribution in [0, 0.1) is 13.8 Å². The van der Waals surface area contributed by atoms with Crippen molar-refractivity contribution in [3.8, 4) is 5.69 Å². The van der Waals surface area contributed by atoms with Crippen molar-refractivity contribution in [2.45, 2.75) is 20.4 Å². The molecular formula is C22H19ClN4O. The van der Waals surface area contributed by atoms with Crippen LogP contribution in [0.3, 0.4) is 0 Å². The van der Waals surface area contributed by atoms with Gasteiger partial charge >= 0.3 is 0 Å². The first kappa shape index (κ1) is 18.2. The normalized spacial score (nSPS) is 11.0. The molecule has 0 aliphatic rings. The van der Waals surface area contributed by atoms with Crippen LogP contribution in [-0.4, -0.2) is 20.4 Å². The number of nitrogens with one attached hydrogen (secondary N) is 1. The second-order valence-corrected chi connectivity index (χ2v) is 7.04. The molecule has 1 N–H and O–H groups in total. The summed E-state index contributed by atoms with van der Waals surface area (Å²) in [5.74, 6) is 0.708. The number of hydrogen-bond acceptors (Lipinski definition) is 3. The van der Waals surface area contributed by atoms with Crippen LogP contribution in [0.4, 0.5) is 0 Å². The summed E-state index contributed by atoms with van der Waals surface area (Å²) in [6, 6.07) is 16.9. The van der Waals surface area contributed by atoms with Gasteiger partial charge in [-0.05, 0) is 61.4 Å². The first-order valence-corrected chi connectivity index (χ1v) is 9.35. The number of rotatable bonds is 4. The number of aryl methyl sites for hydroxylation is 1. The zero-order chi connectivity index (χ0) is 19.7. The molecule has 0 spiro atoms. The molecule has 1 amide bonds. The smallest absolute Gasteiger partial charge is 0.251 e. The Labute approximate surface area is 168 Å². The Bertz CT molecular complexity index is 1170. The number of fused-ring (bicyclic) bond motifs is 1. The Kier molecular flexibility index (Phi) is 4.84. The van der Waals surface area contributed by atoms with Gasteiger partial charge in [0, 0.05) is 23.3 Å². The van der Waals surface area contributed by atoms with Gasteiger partial charge in [-0.3, -0.25) is 9.36 Å². The van der Waals surface area contributed by atoms with Crippen LogP contribution in [0.1, 0.15) is 27.3 Å². The van der Waals surface area contributed by atoms with Gasteiger partial charge in [-0.25, -0.2) is 9.97 Å². The minimum atomic E-state index is -0.121. The van der Waals surface area contributed by atoms with Gasteiger partial charge in [-0.15, -0.1) is 0 Å². The van der Waals surface area contributed by atoms with Gasteiger partial charge in [0.1, 0.15) is 11.3 Å². The predicted molar refractivity (Wildman–Crippen MR) is 111 cm³/mol. The maximum Gasteiger partial charge on any atom is 0.251 e. The van der Waals surface area contributed by atoms with Gasteiger partial charge in [0.15, 0.2) is 5.65 Å². The van der Waals surface area contributed by atoms with Crippen LogP contribution in [0.5, 0.6) is 0 Å². The standard InChI is InChI=1S/C22H19ClN4O/c1-14-18(22(28)25-13-16-8-10-17(23)11-9-16)5-3-7-20(14)27-15(2)26-19-6-4-12-24-21(19)27/h3-12H,13H2,1-2H3,(H,25,28). The lowest BCUT2D eigenvalue weighted by atomic mass is 10.1. The summed E-state index contributed by atoms with van der Waals surface area (Å²) in [5.41, 5.74) is 5.01. The van der Waals surface area contributed by atoms with Crippen molar-refractivity contribution in [2.24, 2.45) is 0 Å². The van der Waals surface area contributed by atoms with E-state index in [0.717, 1.165) is 33.8 Å². The summed E-state index contributed by atoms with van der Waals surface area (Å²) >= 11 is 5.91. The monoisotopic (exact) mass is 390 g/mol. The summed E-state index contributed by atoms with van der Waals surface area (Å²) in [4.78, 5) is 21.8. The lowest BCUT2D eigenvalue weighted by molar-refractivity contribution is 0.0950. The molecule has 0 aliphatic carbocycles. The molecule has 0 saturated carbocycles. The van der Waals surface area contributed by atoms with Crippen LogP contribution < -0.4 is 5.32 Å². The SMILES string of the molecule is Cc1c(C(=O)NCc2ccc(Cl)cc2)cccc1-n1c(C)nc2cccnc21. The van der Waals surface area contributed by atoms with Crippen molar-refractivity contribution in [2.75, 3.05) is 0 Å². The van der Waals surface area contributed by atoms with Crippen LogP contribution in [0.2, 0.25) is 5.02 Å². The molecule has 2 aromatic carbocycles. The van der Waals surface area contributed by atoms with Crippen molar-refractivity contribution >= 4 is 28.7 Å². The number of imidazole rings is 1. The lowest BCUT2D eigenvalue weighted by Crippen LogP contribution is -2.24.